The molecule has 1 heterocycles. The predicted molar refractivity (Wildman–Crippen MR) is 49.6 cm³/mol. The summed E-state index contributed by atoms with van der Waals surface area (Å²) in [6.45, 7) is 4.87. The van der Waals surface area contributed by atoms with Gasteiger partial charge in [-0.05, 0) is 13.3 Å². The maximum Gasteiger partial charge on any atom is 0.251 e. The second-order valence-corrected chi connectivity index (χ2v) is 2.67. The fraction of sp³-hybridized carbons (Fsp3) is 0.556. The van der Waals surface area contributed by atoms with E-state index in [-0.39, 0.29) is 5.56 Å². The Morgan fingerprint density at radius 2 is 2.31 bits per heavy atom. The third-order valence-corrected chi connectivity index (χ3v) is 1.65. The lowest BCUT2D eigenvalue weighted by Gasteiger charge is -2.01. The van der Waals surface area contributed by atoms with Gasteiger partial charge in [0.05, 0.1) is 0 Å². The maximum atomic E-state index is 11.1. The fourth-order valence-corrected chi connectivity index (χ4v) is 1.01. The average Bonchev–Trinajstić information content (AvgIpc) is 2.14. The Hall–Kier alpha value is -1.16. The summed E-state index contributed by atoms with van der Waals surface area (Å²) in [6, 6.07) is 1.51. The molecule has 0 aromatic carbocycles. The first-order valence-electron chi connectivity index (χ1n) is 4.43. The molecule has 0 saturated heterocycles. The van der Waals surface area contributed by atoms with Crippen LogP contribution < -0.4 is 5.56 Å². The number of H-pyrrole nitrogens is 1. The van der Waals surface area contributed by atoms with Crippen LogP contribution in [0.15, 0.2) is 10.9 Å². The zero-order valence-electron chi connectivity index (χ0n) is 7.96. The van der Waals surface area contributed by atoms with Crippen molar-refractivity contribution in [3.63, 3.8) is 0 Å². The van der Waals surface area contributed by atoms with Gasteiger partial charge in [0, 0.05) is 18.4 Å². The number of nitrogens with one attached hydrogen (secondary N) is 1. The fourth-order valence-electron chi connectivity index (χ4n) is 1.01. The molecule has 0 amide bonds. The molecule has 0 aliphatic rings. The van der Waals surface area contributed by atoms with Crippen LogP contribution >= 0.6 is 0 Å². The van der Waals surface area contributed by atoms with Crippen molar-refractivity contribution in [2.75, 3.05) is 6.61 Å². The van der Waals surface area contributed by atoms with Crippen molar-refractivity contribution in [1.29, 1.82) is 0 Å². The Morgan fingerprint density at radius 3 is 2.92 bits per heavy atom. The minimum absolute atomic E-state index is 0.110. The van der Waals surface area contributed by atoms with Gasteiger partial charge in [0.15, 0.2) is 0 Å². The number of hydrogen-bond donors (Lipinski definition) is 1. The summed E-state index contributed by atoms with van der Waals surface area (Å²) in [7, 11) is 0. The smallest absolute Gasteiger partial charge is 0.251 e. The summed E-state index contributed by atoms with van der Waals surface area (Å²) < 4.78 is 5.14. The minimum atomic E-state index is -0.110. The van der Waals surface area contributed by atoms with E-state index in [1.165, 1.54) is 6.07 Å². The van der Waals surface area contributed by atoms with E-state index in [1.54, 1.807) is 0 Å². The highest BCUT2D eigenvalue weighted by Crippen LogP contribution is 1.94. The SMILES string of the molecule is CCOCc1nc(CC)cc(=O)[nH]1. The van der Waals surface area contributed by atoms with Crippen LogP contribution in [0.4, 0.5) is 0 Å². The van der Waals surface area contributed by atoms with Crippen molar-refractivity contribution in [3.05, 3.63) is 27.9 Å². The van der Waals surface area contributed by atoms with Gasteiger partial charge in [-0.3, -0.25) is 4.79 Å². The highest BCUT2D eigenvalue weighted by molar-refractivity contribution is 5.01. The lowest BCUT2D eigenvalue weighted by Crippen LogP contribution is -2.13. The molecular formula is C9H14N2O2. The molecule has 4 nitrogen and oxygen atoms in total. The summed E-state index contributed by atoms with van der Waals surface area (Å²) in [5, 5.41) is 0. The monoisotopic (exact) mass is 182 g/mol. The molecule has 0 bridgehead atoms. The zero-order valence-corrected chi connectivity index (χ0v) is 7.96. The van der Waals surface area contributed by atoms with Gasteiger partial charge in [-0.15, -0.1) is 0 Å². The summed E-state index contributed by atoms with van der Waals surface area (Å²) in [6.07, 6.45) is 0.767. The Bertz CT molecular complexity index is 320. The number of nitrogens with zero attached hydrogens (tertiary/aromatic N) is 1. The van der Waals surface area contributed by atoms with E-state index in [0.717, 1.165) is 12.1 Å². The van der Waals surface area contributed by atoms with Crippen LogP contribution in [-0.4, -0.2) is 16.6 Å². The molecule has 4 heteroatoms. The molecule has 0 aliphatic carbocycles. The van der Waals surface area contributed by atoms with Crippen molar-refractivity contribution in [3.8, 4) is 0 Å². The molecule has 1 rings (SSSR count). The van der Waals surface area contributed by atoms with E-state index < -0.39 is 0 Å². The van der Waals surface area contributed by atoms with E-state index in [4.69, 9.17) is 4.74 Å². The second-order valence-electron chi connectivity index (χ2n) is 2.67. The van der Waals surface area contributed by atoms with E-state index in [0.29, 0.717) is 19.0 Å². The van der Waals surface area contributed by atoms with Crippen molar-refractivity contribution in [2.45, 2.75) is 26.9 Å². The lowest BCUT2D eigenvalue weighted by molar-refractivity contribution is 0.128. The van der Waals surface area contributed by atoms with Crippen molar-refractivity contribution >= 4 is 0 Å². The summed E-state index contributed by atoms with van der Waals surface area (Å²) in [4.78, 5) is 17.9. The zero-order chi connectivity index (χ0) is 9.68. The van der Waals surface area contributed by atoms with Gasteiger partial charge in [0.25, 0.3) is 5.56 Å². The van der Waals surface area contributed by atoms with Gasteiger partial charge >= 0.3 is 0 Å². The Labute approximate surface area is 77.0 Å². The van der Waals surface area contributed by atoms with E-state index in [2.05, 4.69) is 9.97 Å². The van der Waals surface area contributed by atoms with Crippen molar-refractivity contribution < 1.29 is 4.74 Å². The topological polar surface area (TPSA) is 55.0 Å². The van der Waals surface area contributed by atoms with Gasteiger partial charge in [0.2, 0.25) is 0 Å². The molecule has 72 valence electrons. The third kappa shape index (κ3) is 2.99. The summed E-state index contributed by atoms with van der Waals surface area (Å²) in [5.74, 6) is 0.603. The first-order valence-corrected chi connectivity index (χ1v) is 4.43. The number of aromatic amines is 1. The van der Waals surface area contributed by atoms with Crippen molar-refractivity contribution in [1.82, 2.24) is 9.97 Å². The van der Waals surface area contributed by atoms with Crippen LogP contribution in [-0.2, 0) is 17.8 Å². The van der Waals surface area contributed by atoms with Gasteiger partial charge in [-0.25, -0.2) is 4.98 Å². The van der Waals surface area contributed by atoms with Crippen LogP contribution in [0.2, 0.25) is 0 Å². The van der Waals surface area contributed by atoms with Crippen LogP contribution in [0.1, 0.15) is 25.4 Å². The number of rotatable bonds is 4. The van der Waals surface area contributed by atoms with Gasteiger partial charge in [-0.1, -0.05) is 6.92 Å². The molecule has 0 spiro atoms. The molecule has 1 N–H and O–H groups in total. The molecule has 0 radical (unpaired) electrons. The van der Waals surface area contributed by atoms with Crippen LogP contribution in [0.25, 0.3) is 0 Å². The molecule has 0 fully saturated rings. The quantitative estimate of drug-likeness (QED) is 0.751. The average molecular weight is 182 g/mol. The van der Waals surface area contributed by atoms with E-state index >= 15 is 0 Å². The summed E-state index contributed by atoms with van der Waals surface area (Å²) >= 11 is 0. The van der Waals surface area contributed by atoms with Gasteiger partial charge < -0.3 is 9.72 Å². The summed E-state index contributed by atoms with van der Waals surface area (Å²) in [5.41, 5.74) is 0.694. The Morgan fingerprint density at radius 1 is 1.54 bits per heavy atom. The predicted octanol–water partition coefficient (Wildman–Crippen LogP) is 0.869. The molecular weight excluding hydrogens is 168 g/mol. The second kappa shape index (κ2) is 4.77. The normalized spacial score (nSPS) is 10.3. The standard InChI is InChI=1S/C9H14N2O2/c1-3-7-5-9(12)11-8(10-7)6-13-4-2/h5H,3-4,6H2,1-2H3,(H,10,11,12). The van der Waals surface area contributed by atoms with E-state index in [9.17, 15) is 4.79 Å². The van der Waals surface area contributed by atoms with Crippen LogP contribution in [0.3, 0.4) is 0 Å². The van der Waals surface area contributed by atoms with Crippen molar-refractivity contribution in [2.24, 2.45) is 0 Å². The number of aromatic nitrogens is 2. The number of aryl methyl sites for hydroxylation is 1. The highest BCUT2D eigenvalue weighted by Gasteiger charge is 1.98. The van der Waals surface area contributed by atoms with Crippen LogP contribution in [0, 0.1) is 0 Å². The number of ether oxygens (including phenoxy) is 1. The van der Waals surface area contributed by atoms with Gasteiger partial charge in [0.1, 0.15) is 12.4 Å². The van der Waals surface area contributed by atoms with E-state index in [1.807, 2.05) is 13.8 Å². The first-order chi connectivity index (χ1) is 6.26. The first kappa shape index (κ1) is 9.92. The molecule has 0 unspecified atom stereocenters. The molecule has 1 aromatic rings. The Kier molecular flexibility index (Phi) is 3.64. The van der Waals surface area contributed by atoms with Gasteiger partial charge in [-0.2, -0.15) is 0 Å². The molecule has 13 heavy (non-hydrogen) atoms. The Balaban J connectivity index is 2.82. The lowest BCUT2D eigenvalue weighted by atomic mass is 10.3. The molecule has 0 atom stereocenters. The number of hydrogen-bond acceptors (Lipinski definition) is 3. The molecule has 0 saturated carbocycles. The molecule has 1 aromatic heterocycles. The maximum absolute atomic E-state index is 11.1. The molecule has 0 aliphatic heterocycles. The highest BCUT2D eigenvalue weighted by atomic mass is 16.5. The minimum Gasteiger partial charge on any atom is -0.374 e. The third-order valence-electron chi connectivity index (χ3n) is 1.65. The van der Waals surface area contributed by atoms with Crippen LogP contribution in [0.5, 0.6) is 0 Å². The largest absolute Gasteiger partial charge is 0.374 e.